The van der Waals surface area contributed by atoms with Crippen molar-refractivity contribution >= 4 is 27.5 Å². The van der Waals surface area contributed by atoms with Crippen molar-refractivity contribution in [3.8, 4) is 5.75 Å². The van der Waals surface area contributed by atoms with Gasteiger partial charge in [0.1, 0.15) is 11.8 Å². The molecule has 0 heterocycles. The Labute approximate surface area is 263 Å². The van der Waals surface area contributed by atoms with Crippen molar-refractivity contribution in [2.45, 2.75) is 51.9 Å². The standard InChI is InChI=1S/C33H40F3N3O5S/c1-24(2)22-37-32(41)30(20-25-11-6-5-7-12-25)38(23-26-13-8-16-29(19-26)44-3)31(40)17-10-18-39(45(4,42)43)28-15-9-14-27(21-28)33(34,35)36/h5-9,11-16,19,21,24,30H,10,17-18,20,22-23H2,1-4H3,(H,37,41)/t30-/m0/s1. The van der Waals surface area contributed by atoms with Crippen LogP contribution < -0.4 is 14.4 Å². The van der Waals surface area contributed by atoms with Gasteiger partial charge >= 0.3 is 6.18 Å². The minimum absolute atomic E-state index is 0.00241. The summed E-state index contributed by atoms with van der Waals surface area (Å²) in [6.07, 6.45) is -3.67. The molecular weight excluding hydrogens is 607 g/mol. The first-order valence-corrected chi connectivity index (χ1v) is 16.4. The number of alkyl halides is 3. The fraction of sp³-hybridized carbons (Fsp3) is 0.394. The third-order valence-corrected chi connectivity index (χ3v) is 8.25. The van der Waals surface area contributed by atoms with Gasteiger partial charge in [-0.2, -0.15) is 13.2 Å². The summed E-state index contributed by atoms with van der Waals surface area (Å²) in [5, 5.41) is 2.94. The van der Waals surface area contributed by atoms with Crippen LogP contribution in [0.4, 0.5) is 18.9 Å². The molecule has 0 fully saturated rings. The van der Waals surface area contributed by atoms with Crippen LogP contribution in [-0.2, 0) is 38.8 Å². The van der Waals surface area contributed by atoms with E-state index in [0.717, 1.165) is 39.9 Å². The lowest BCUT2D eigenvalue weighted by Crippen LogP contribution is -2.51. The van der Waals surface area contributed by atoms with Crippen LogP contribution in [0.25, 0.3) is 0 Å². The summed E-state index contributed by atoms with van der Waals surface area (Å²) in [6, 6.07) is 19.6. The SMILES string of the molecule is COc1cccc(CN(C(=O)CCCN(c2cccc(C(F)(F)F)c2)S(C)(=O)=O)[C@@H](Cc2ccccc2)C(=O)NCC(C)C)c1. The Morgan fingerprint density at radius 3 is 2.22 bits per heavy atom. The second kappa shape index (κ2) is 15.8. The van der Waals surface area contributed by atoms with Crippen LogP contribution in [0.3, 0.4) is 0 Å². The number of rotatable bonds is 15. The second-order valence-corrected chi connectivity index (χ2v) is 13.1. The predicted molar refractivity (Wildman–Crippen MR) is 168 cm³/mol. The average molecular weight is 648 g/mol. The van der Waals surface area contributed by atoms with Gasteiger partial charge in [0, 0.05) is 32.5 Å². The Balaban J connectivity index is 1.91. The summed E-state index contributed by atoms with van der Waals surface area (Å²) in [5.41, 5.74) is 0.436. The molecule has 0 saturated carbocycles. The maximum absolute atomic E-state index is 13.9. The molecule has 45 heavy (non-hydrogen) atoms. The van der Waals surface area contributed by atoms with Gasteiger partial charge in [-0.1, -0.05) is 62.4 Å². The van der Waals surface area contributed by atoms with E-state index in [1.54, 1.807) is 18.2 Å². The van der Waals surface area contributed by atoms with E-state index in [4.69, 9.17) is 4.74 Å². The van der Waals surface area contributed by atoms with E-state index in [1.807, 2.05) is 50.2 Å². The van der Waals surface area contributed by atoms with Crippen LogP contribution in [0.1, 0.15) is 43.4 Å². The summed E-state index contributed by atoms with van der Waals surface area (Å²) in [6.45, 7) is 4.17. The third-order valence-electron chi connectivity index (χ3n) is 7.06. The number of methoxy groups -OCH3 is 1. The lowest BCUT2D eigenvalue weighted by Gasteiger charge is -2.32. The van der Waals surface area contributed by atoms with Crippen LogP contribution in [0.2, 0.25) is 0 Å². The number of hydrogen-bond acceptors (Lipinski definition) is 5. The molecule has 1 atom stereocenters. The fourth-order valence-electron chi connectivity index (χ4n) is 4.79. The molecule has 0 unspecified atom stereocenters. The van der Waals surface area contributed by atoms with E-state index in [9.17, 15) is 31.2 Å². The van der Waals surface area contributed by atoms with Crippen molar-refractivity contribution in [1.82, 2.24) is 10.2 Å². The number of ether oxygens (including phenoxy) is 1. The molecule has 0 aromatic heterocycles. The number of anilines is 1. The summed E-state index contributed by atoms with van der Waals surface area (Å²) in [5.74, 6) is 0.0156. The van der Waals surface area contributed by atoms with Crippen molar-refractivity contribution in [3.63, 3.8) is 0 Å². The molecule has 0 saturated heterocycles. The highest BCUT2D eigenvalue weighted by Crippen LogP contribution is 2.32. The van der Waals surface area contributed by atoms with Gasteiger partial charge in [-0.25, -0.2) is 8.42 Å². The minimum Gasteiger partial charge on any atom is -0.497 e. The lowest BCUT2D eigenvalue weighted by molar-refractivity contribution is -0.141. The number of sulfonamides is 1. The zero-order valence-corrected chi connectivity index (χ0v) is 26.7. The zero-order chi connectivity index (χ0) is 33.2. The second-order valence-electron chi connectivity index (χ2n) is 11.2. The minimum atomic E-state index is -4.65. The number of carbonyl (C=O) groups excluding carboxylic acids is 2. The molecular formula is C33H40F3N3O5S. The zero-order valence-electron chi connectivity index (χ0n) is 25.9. The molecule has 244 valence electrons. The van der Waals surface area contributed by atoms with Crippen LogP contribution >= 0.6 is 0 Å². The van der Waals surface area contributed by atoms with E-state index in [2.05, 4.69) is 5.32 Å². The van der Waals surface area contributed by atoms with E-state index < -0.39 is 33.7 Å². The number of hydrogen-bond donors (Lipinski definition) is 1. The number of nitrogens with one attached hydrogen (secondary N) is 1. The van der Waals surface area contributed by atoms with Crippen LogP contribution in [-0.4, -0.2) is 57.6 Å². The summed E-state index contributed by atoms with van der Waals surface area (Å²) >= 11 is 0. The quantitative estimate of drug-likeness (QED) is 0.229. The van der Waals surface area contributed by atoms with Gasteiger partial charge < -0.3 is 15.0 Å². The maximum atomic E-state index is 13.9. The average Bonchev–Trinajstić information content (AvgIpc) is 2.99. The predicted octanol–water partition coefficient (Wildman–Crippen LogP) is 5.67. The maximum Gasteiger partial charge on any atom is 0.416 e. The molecule has 3 aromatic rings. The van der Waals surface area contributed by atoms with Crippen molar-refractivity contribution in [2.75, 3.05) is 30.8 Å². The Bertz CT molecular complexity index is 1530. The van der Waals surface area contributed by atoms with Gasteiger partial charge in [-0.05, 0) is 53.8 Å². The molecule has 0 spiro atoms. The number of benzene rings is 3. The molecule has 3 aromatic carbocycles. The van der Waals surface area contributed by atoms with Gasteiger partial charge in [0.15, 0.2) is 0 Å². The molecule has 0 aliphatic carbocycles. The number of carbonyl (C=O) groups is 2. The van der Waals surface area contributed by atoms with Gasteiger partial charge in [0.25, 0.3) is 0 Å². The van der Waals surface area contributed by atoms with E-state index in [1.165, 1.54) is 18.1 Å². The molecule has 8 nitrogen and oxygen atoms in total. The summed E-state index contributed by atoms with van der Waals surface area (Å²) in [4.78, 5) is 29.0. The van der Waals surface area contributed by atoms with Gasteiger partial charge in [0.05, 0.1) is 24.6 Å². The summed E-state index contributed by atoms with van der Waals surface area (Å²) < 4.78 is 71.5. The topological polar surface area (TPSA) is 96.0 Å². The van der Waals surface area contributed by atoms with Gasteiger partial charge in [-0.15, -0.1) is 0 Å². The van der Waals surface area contributed by atoms with Crippen molar-refractivity contribution in [1.29, 1.82) is 0 Å². The molecule has 2 amide bonds. The Morgan fingerprint density at radius 2 is 1.60 bits per heavy atom. The van der Waals surface area contributed by atoms with Crippen LogP contribution in [0, 0.1) is 5.92 Å². The monoisotopic (exact) mass is 647 g/mol. The first-order valence-electron chi connectivity index (χ1n) is 14.6. The smallest absolute Gasteiger partial charge is 0.416 e. The first-order chi connectivity index (χ1) is 21.2. The van der Waals surface area contributed by atoms with Crippen molar-refractivity contribution in [3.05, 3.63) is 95.6 Å². The normalized spacial score (nSPS) is 12.4. The van der Waals surface area contributed by atoms with Gasteiger partial charge in [-0.3, -0.25) is 13.9 Å². The largest absolute Gasteiger partial charge is 0.497 e. The lowest BCUT2D eigenvalue weighted by atomic mass is 10.0. The van der Waals surface area contributed by atoms with E-state index >= 15 is 0 Å². The van der Waals surface area contributed by atoms with E-state index in [0.29, 0.717) is 12.3 Å². The number of nitrogens with zero attached hydrogens (tertiary/aromatic N) is 2. The molecule has 3 rings (SSSR count). The molecule has 0 aliphatic rings. The third kappa shape index (κ3) is 10.8. The van der Waals surface area contributed by atoms with Crippen molar-refractivity contribution in [2.24, 2.45) is 5.92 Å². The highest BCUT2D eigenvalue weighted by molar-refractivity contribution is 7.92. The number of halogens is 3. The van der Waals surface area contributed by atoms with Crippen LogP contribution in [0.15, 0.2) is 78.9 Å². The Morgan fingerprint density at radius 1 is 0.933 bits per heavy atom. The molecule has 12 heteroatoms. The molecule has 0 bridgehead atoms. The summed E-state index contributed by atoms with van der Waals surface area (Å²) in [7, 11) is -2.45. The highest BCUT2D eigenvalue weighted by Gasteiger charge is 2.33. The van der Waals surface area contributed by atoms with Gasteiger partial charge in [0.2, 0.25) is 21.8 Å². The Kier molecular flexibility index (Phi) is 12.4. The Hall–Kier alpha value is -4.06. The van der Waals surface area contributed by atoms with Crippen LogP contribution in [0.5, 0.6) is 5.75 Å². The number of amides is 2. The molecule has 1 N–H and O–H groups in total. The molecule has 0 radical (unpaired) electrons. The highest BCUT2D eigenvalue weighted by atomic mass is 32.2. The first kappa shape index (κ1) is 35.4. The fourth-order valence-corrected chi connectivity index (χ4v) is 5.74. The molecule has 0 aliphatic heterocycles. The van der Waals surface area contributed by atoms with E-state index in [-0.39, 0.29) is 49.9 Å². The van der Waals surface area contributed by atoms with Crippen molar-refractivity contribution < 1.29 is 35.9 Å².